The predicted octanol–water partition coefficient (Wildman–Crippen LogP) is 2.79. The van der Waals surface area contributed by atoms with Crippen molar-refractivity contribution in [2.75, 3.05) is 7.11 Å². The molecular formula is C14H20O2. The number of hydrogen-bond acceptors (Lipinski definition) is 2. The van der Waals surface area contributed by atoms with Gasteiger partial charge in [0.1, 0.15) is 5.75 Å². The van der Waals surface area contributed by atoms with E-state index in [-0.39, 0.29) is 6.10 Å². The Kier molecular flexibility index (Phi) is 3.83. The van der Waals surface area contributed by atoms with Gasteiger partial charge in [-0.15, -0.1) is 0 Å². The van der Waals surface area contributed by atoms with E-state index in [1.54, 1.807) is 7.11 Å². The fourth-order valence-corrected chi connectivity index (χ4v) is 2.49. The van der Waals surface area contributed by atoms with Gasteiger partial charge in [-0.1, -0.05) is 25.0 Å². The standard InChI is InChI=1S/C14H20O2/c1-16-13-8-6-11(7-9-13)10-12-4-2-3-5-14(12)15/h6-9,12,14-15H,2-5,10H2,1H3/t12-,14+/m1/s1. The lowest BCUT2D eigenvalue weighted by Crippen LogP contribution is -2.26. The van der Waals surface area contributed by atoms with Crippen LogP contribution in [0.15, 0.2) is 24.3 Å². The molecule has 0 spiro atoms. The summed E-state index contributed by atoms with van der Waals surface area (Å²) in [5, 5.41) is 9.91. The van der Waals surface area contributed by atoms with Crippen molar-refractivity contribution in [2.24, 2.45) is 5.92 Å². The largest absolute Gasteiger partial charge is 0.497 e. The Morgan fingerprint density at radius 3 is 2.50 bits per heavy atom. The first kappa shape index (κ1) is 11.5. The molecule has 0 aromatic heterocycles. The molecule has 0 aliphatic heterocycles. The van der Waals surface area contributed by atoms with Gasteiger partial charge in [0.2, 0.25) is 0 Å². The summed E-state index contributed by atoms with van der Waals surface area (Å²) < 4.78 is 5.13. The highest BCUT2D eigenvalue weighted by Gasteiger charge is 2.22. The molecule has 1 N–H and O–H groups in total. The van der Waals surface area contributed by atoms with Crippen LogP contribution in [0.5, 0.6) is 5.75 Å². The Hall–Kier alpha value is -1.02. The Morgan fingerprint density at radius 2 is 1.88 bits per heavy atom. The van der Waals surface area contributed by atoms with Gasteiger partial charge in [0.15, 0.2) is 0 Å². The molecule has 2 rings (SSSR count). The third-order valence-electron chi connectivity index (χ3n) is 3.53. The van der Waals surface area contributed by atoms with E-state index in [0.29, 0.717) is 5.92 Å². The Balaban J connectivity index is 1.96. The molecule has 2 atom stereocenters. The van der Waals surface area contributed by atoms with Gasteiger partial charge in [0, 0.05) is 0 Å². The average Bonchev–Trinajstić information content (AvgIpc) is 2.33. The molecule has 0 bridgehead atoms. The second-order valence-corrected chi connectivity index (χ2v) is 4.66. The van der Waals surface area contributed by atoms with Crippen molar-refractivity contribution in [1.29, 1.82) is 0 Å². The van der Waals surface area contributed by atoms with Crippen molar-refractivity contribution in [3.05, 3.63) is 29.8 Å². The summed E-state index contributed by atoms with van der Waals surface area (Å²) in [7, 11) is 1.68. The zero-order valence-corrected chi connectivity index (χ0v) is 9.86. The zero-order chi connectivity index (χ0) is 11.4. The zero-order valence-electron chi connectivity index (χ0n) is 9.86. The van der Waals surface area contributed by atoms with Crippen molar-refractivity contribution in [3.63, 3.8) is 0 Å². The molecule has 1 aliphatic rings. The molecule has 0 unspecified atom stereocenters. The molecular weight excluding hydrogens is 200 g/mol. The summed E-state index contributed by atoms with van der Waals surface area (Å²) in [6, 6.07) is 8.18. The van der Waals surface area contributed by atoms with Crippen LogP contribution in [0.25, 0.3) is 0 Å². The van der Waals surface area contributed by atoms with Crippen LogP contribution in [0.3, 0.4) is 0 Å². The monoisotopic (exact) mass is 220 g/mol. The highest BCUT2D eigenvalue weighted by Crippen LogP contribution is 2.27. The average molecular weight is 220 g/mol. The fourth-order valence-electron chi connectivity index (χ4n) is 2.49. The third-order valence-corrected chi connectivity index (χ3v) is 3.53. The van der Waals surface area contributed by atoms with Crippen molar-refractivity contribution in [3.8, 4) is 5.75 Å². The second kappa shape index (κ2) is 5.35. The quantitative estimate of drug-likeness (QED) is 0.848. The minimum atomic E-state index is -0.101. The first-order chi connectivity index (χ1) is 7.79. The van der Waals surface area contributed by atoms with E-state index in [0.717, 1.165) is 25.0 Å². The summed E-state index contributed by atoms with van der Waals surface area (Å²) in [4.78, 5) is 0. The molecule has 1 aromatic rings. The maximum atomic E-state index is 9.91. The lowest BCUT2D eigenvalue weighted by atomic mass is 9.82. The molecule has 2 heteroatoms. The van der Waals surface area contributed by atoms with Crippen LogP contribution in [-0.2, 0) is 6.42 Å². The Labute approximate surface area is 97.3 Å². The van der Waals surface area contributed by atoms with Gasteiger partial charge in [0.05, 0.1) is 13.2 Å². The van der Waals surface area contributed by atoms with Crippen molar-refractivity contribution >= 4 is 0 Å². The van der Waals surface area contributed by atoms with Crippen LogP contribution < -0.4 is 4.74 Å². The Morgan fingerprint density at radius 1 is 1.19 bits per heavy atom. The van der Waals surface area contributed by atoms with Gasteiger partial charge in [-0.3, -0.25) is 0 Å². The summed E-state index contributed by atoms with van der Waals surface area (Å²) in [5.41, 5.74) is 1.30. The molecule has 1 fully saturated rings. The van der Waals surface area contributed by atoms with E-state index in [4.69, 9.17) is 4.74 Å². The molecule has 16 heavy (non-hydrogen) atoms. The molecule has 0 heterocycles. The van der Waals surface area contributed by atoms with Crippen LogP contribution in [0.4, 0.5) is 0 Å². The molecule has 1 saturated carbocycles. The van der Waals surface area contributed by atoms with E-state index in [1.165, 1.54) is 18.4 Å². The maximum absolute atomic E-state index is 9.91. The maximum Gasteiger partial charge on any atom is 0.118 e. The first-order valence-electron chi connectivity index (χ1n) is 6.10. The molecule has 0 saturated heterocycles. The predicted molar refractivity (Wildman–Crippen MR) is 64.7 cm³/mol. The van der Waals surface area contributed by atoms with Crippen LogP contribution in [0.1, 0.15) is 31.2 Å². The fraction of sp³-hybridized carbons (Fsp3) is 0.571. The lowest BCUT2D eigenvalue weighted by molar-refractivity contribution is 0.0700. The van der Waals surface area contributed by atoms with Crippen molar-refractivity contribution in [2.45, 2.75) is 38.2 Å². The Bertz CT molecular complexity index is 318. The number of hydrogen-bond donors (Lipinski definition) is 1. The number of rotatable bonds is 3. The number of aliphatic hydroxyl groups is 1. The molecule has 0 amide bonds. The lowest BCUT2D eigenvalue weighted by Gasteiger charge is -2.27. The normalized spacial score (nSPS) is 25.4. The molecule has 88 valence electrons. The van der Waals surface area contributed by atoms with Gasteiger partial charge in [0.25, 0.3) is 0 Å². The van der Waals surface area contributed by atoms with Gasteiger partial charge < -0.3 is 9.84 Å². The van der Waals surface area contributed by atoms with E-state index >= 15 is 0 Å². The SMILES string of the molecule is COc1ccc(C[C@H]2CCCC[C@@H]2O)cc1. The summed E-state index contributed by atoms with van der Waals surface area (Å²) in [6.45, 7) is 0. The van der Waals surface area contributed by atoms with Crippen LogP contribution in [0, 0.1) is 5.92 Å². The van der Waals surface area contributed by atoms with Crippen LogP contribution in [0.2, 0.25) is 0 Å². The number of methoxy groups -OCH3 is 1. The highest BCUT2D eigenvalue weighted by molar-refractivity contribution is 5.27. The van der Waals surface area contributed by atoms with Crippen molar-refractivity contribution in [1.82, 2.24) is 0 Å². The van der Waals surface area contributed by atoms with E-state index in [9.17, 15) is 5.11 Å². The number of ether oxygens (including phenoxy) is 1. The highest BCUT2D eigenvalue weighted by atomic mass is 16.5. The van der Waals surface area contributed by atoms with E-state index in [2.05, 4.69) is 12.1 Å². The van der Waals surface area contributed by atoms with Gasteiger partial charge >= 0.3 is 0 Å². The second-order valence-electron chi connectivity index (χ2n) is 4.66. The van der Waals surface area contributed by atoms with Crippen LogP contribution >= 0.6 is 0 Å². The molecule has 2 nitrogen and oxygen atoms in total. The summed E-state index contributed by atoms with van der Waals surface area (Å²) >= 11 is 0. The first-order valence-corrected chi connectivity index (χ1v) is 6.10. The topological polar surface area (TPSA) is 29.5 Å². The smallest absolute Gasteiger partial charge is 0.118 e. The van der Waals surface area contributed by atoms with Gasteiger partial charge in [-0.25, -0.2) is 0 Å². The molecule has 1 aliphatic carbocycles. The summed E-state index contributed by atoms with van der Waals surface area (Å²) in [6.07, 6.45) is 5.47. The third kappa shape index (κ3) is 2.76. The van der Waals surface area contributed by atoms with Crippen LogP contribution in [-0.4, -0.2) is 18.3 Å². The molecule has 0 radical (unpaired) electrons. The van der Waals surface area contributed by atoms with E-state index in [1.807, 2.05) is 12.1 Å². The number of benzene rings is 1. The summed E-state index contributed by atoms with van der Waals surface area (Å²) in [5.74, 6) is 1.34. The van der Waals surface area contributed by atoms with Crippen molar-refractivity contribution < 1.29 is 9.84 Å². The van der Waals surface area contributed by atoms with Gasteiger partial charge in [-0.05, 0) is 42.9 Å². The minimum Gasteiger partial charge on any atom is -0.497 e. The molecule has 1 aromatic carbocycles. The van der Waals surface area contributed by atoms with Gasteiger partial charge in [-0.2, -0.15) is 0 Å². The van der Waals surface area contributed by atoms with E-state index < -0.39 is 0 Å². The number of aliphatic hydroxyl groups excluding tert-OH is 1. The minimum absolute atomic E-state index is 0.101.